The van der Waals surface area contributed by atoms with Gasteiger partial charge in [0.2, 0.25) is 5.91 Å². The first-order valence-electron chi connectivity index (χ1n) is 7.79. The second kappa shape index (κ2) is 7.28. The summed E-state index contributed by atoms with van der Waals surface area (Å²) in [7, 11) is 0. The maximum Gasteiger partial charge on any atom is 0.255 e. The van der Waals surface area contributed by atoms with E-state index in [9.17, 15) is 14.7 Å². The lowest BCUT2D eigenvalue weighted by atomic mass is 10.1. The summed E-state index contributed by atoms with van der Waals surface area (Å²) in [4.78, 5) is 24.6. The van der Waals surface area contributed by atoms with Gasteiger partial charge in [0.25, 0.3) is 5.91 Å². The minimum Gasteiger partial charge on any atom is -0.506 e. The Morgan fingerprint density at radius 3 is 2.50 bits per heavy atom. The van der Waals surface area contributed by atoms with Gasteiger partial charge in [0.15, 0.2) is 0 Å². The molecule has 0 aliphatic rings. The van der Waals surface area contributed by atoms with Gasteiger partial charge in [-0.25, -0.2) is 0 Å². The molecule has 0 unspecified atom stereocenters. The van der Waals surface area contributed by atoms with Crippen molar-refractivity contribution in [2.45, 2.75) is 6.92 Å². The van der Waals surface area contributed by atoms with Crippen LogP contribution in [0.2, 0.25) is 0 Å². The SMILES string of the molecule is CC(=O)Nc1ccc(C(=O)Nc2cc(-c3cccs3)ccc2N)cc1O. The lowest BCUT2D eigenvalue weighted by Crippen LogP contribution is -2.13. The van der Waals surface area contributed by atoms with Gasteiger partial charge in [-0.1, -0.05) is 12.1 Å². The van der Waals surface area contributed by atoms with Gasteiger partial charge in [-0.05, 0) is 47.3 Å². The first-order chi connectivity index (χ1) is 12.4. The number of phenols is 1. The zero-order chi connectivity index (χ0) is 18.7. The van der Waals surface area contributed by atoms with Crippen LogP contribution in [-0.4, -0.2) is 16.9 Å². The van der Waals surface area contributed by atoms with Crippen molar-refractivity contribution in [1.82, 2.24) is 0 Å². The minimum absolute atomic E-state index is 0.187. The maximum absolute atomic E-state index is 12.5. The Kier molecular flexibility index (Phi) is 4.90. The summed E-state index contributed by atoms with van der Waals surface area (Å²) >= 11 is 1.59. The Morgan fingerprint density at radius 1 is 1.04 bits per heavy atom. The Morgan fingerprint density at radius 2 is 1.85 bits per heavy atom. The minimum atomic E-state index is -0.412. The van der Waals surface area contributed by atoms with Gasteiger partial charge in [-0.15, -0.1) is 11.3 Å². The summed E-state index contributed by atoms with van der Waals surface area (Å²) < 4.78 is 0. The number of carbonyl (C=O) groups excluding carboxylic acids is 2. The second-order valence-electron chi connectivity index (χ2n) is 5.65. The summed E-state index contributed by atoms with van der Waals surface area (Å²) in [5, 5.41) is 17.2. The third-order valence-corrected chi connectivity index (χ3v) is 4.60. The Labute approximate surface area is 154 Å². The van der Waals surface area contributed by atoms with Crippen molar-refractivity contribution in [2.75, 3.05) is 16.4 Å². The second-order valence-corrected chi connectivity index (χ2v) is 6.59. The van der Waals surface area contributed by atoms with Crippen molar-refractivity contribution < 1.29 is 14.7 Å². The largest absolute Gasteiger partial charge is 0.506 e. The van der Waals surface area contributed by atoms with E-state index in [-0.39, 0.29) is 22.9 Å². The zero-order valence-corrected chi connectivity index (χ0v) is 14.8. The topological polar surface area (TPSA) is 104 Å². The number of rotatable bonds is 4. The summed E-state index contributed by atoms with van der Waals surface area (Å²) in [5.41, 5.74) is 8.35. The number of hydrogen-bond acceptors (Lipinski definition) is 5. The number of anilines is 3. The summed E-state index contributed by atoms with van der Waals surface area (Å²) in [6.45, 7) is 1.34. The van der Waals surface area contributed by atoms with Crippen LogP contribution in [0.15, 0.2) is 53.9 Å². The predicted octanol–water partition coefficient (Wildman–Crippen LogP) is 3.91. The first kappa shape index (κ1) is 17.5. The number of aromatic hydroxyl groups is 1. The van der Waals surface area contributed by atoms with Crippen LogP contribution in [-0.2, 0) is 4.79 Å². The highest BCUT2D eigenvalue weighted by Crippen LogP contribution is 2.31. The van der Waals surface area contributed by atoms with Crippen LogP contribution in [0.25, 0.3) is 10.4 Å². The van der Waals surface area contributed by atoms with Gasteiger partial charge in [0, 0.05) is 17.4 Å². The van der Waals surface area contributed by atoms with Gasteiger partial charge in [0.05, 0.1) is 17.1 Å². The molecule has 7 heteroatoms. The Balaban J connectivity index is 1.83. The number of hydrogen-bond donors (Lipinski definition) is 4. The molecule has 0 bridgehead atoms. The van der Waals surface area contributed by atoms with Crippen LogP contribution < -0.4 is 16.4 Å². The van der Waals surface area contributed by atoms with Gasteiger partial charge in [-0.3, -0.25) is 9.59 Å². The van der Waals surface area contributed by atoms with E-state index in [2.05, 4.69) is 10.6 Å². The molecule has 0 aliphatic carbocycles. The van der Waals surface area contributed by atoms with E-state index >= 15 is 0 Å². The first-order valence-corrected chi connectivity index (χ1v) is 8.67. The van der Waals surface area contributed by atoms with Crippen molar-refractivity contribution in [3.05, 3.63) is 59.5 Å². The third-order valence-electron chi connectivity index (χ3n) is 3.68. The fraction of sp³-hybridized carbons (Fsp3) is 0.0526. The molecular weight excluding hydrogens is 350 g/mol. The van der Waals surface area contributed by atoms with Crippen LogP contribution >= 0.6 is 11.3 Å². The van der Waals surface area contributed by atoms with Crippen molar-refractivity contribution in [3.8, 4) is 16.2 Å². The summed E-state index contributed by atoms with van der Waals surface area (Å²) in [6, 6.07) is 13.7. The van der Waals surface area contributed by atoms with Crippen LogP contribution in [0.5, 0.6) is 5.75 Å². The molecule has 0 saturated heterocycles. The molecule has 0 saturated carbocycles. The molecule has 5 N–H and O–H groups in total. The van der Waals surface area contributed by atoms with Gasteiger partial charge >= 0.3 is 0 Å². The molecule has 1 heterocycles. The Bertz CT molecular complexity index is 968. The number of amides is 2. The smallest absolute Gasteiger partial charge is 0.255 e. The molecule has 0 fully saturated rings. The molecule has 2 amide bonds. The van der Waals surface area contributed by atoms with E-state index in [0.717, 1.165) is 10.4 Å². The van der Waals surface area contributed by atoms with Crippen molar-refractivity contribution in [3.63, 3.8) is 0 Å². The molecule has 6 nitrogen and oxygen atoms in total. The van der Waals surface area contributed by atoms with E-state index in [4.69, 9.17) is 5.73 Å². The van der Waals surface area contributed by atoms with Crippen molar-refractivity contribution in [1.29, 1.82) is 0 Å². The molecule has 0 radical (unpaired) electrons. The number of nitrogen functional groups attached to an aromatic ring is 1. The fourth-order valence-electron chi connectivity index (χ4n) is 2.42. The van der Waals surface area contributed by atoms with E-state index in [1.807, 2.05) is 29.6 Å². The molecule has 132 valence electrons. The number of nitrogens with one attached hydrogen (secondary N) is 2. The number of carbonyl (C=O) groups is 2. The molecular formula is C19H17N3O3S. The predicted molar refractivity (Wildman–Crippen MR) is 105 cm³/mol. The zero-order valence-electron chi connectivity index (χ0n) is 13.9. The monoisotopic (exact) mass is 367 g/mol. The molecule has 0 aliphatic heterocycles. The number of nitrogens with two attached hydrogens (primary N) is 1. The van der Waals surface area contributed by atoms with Gasteiger partial charge < -0.3 is 21.5 Å². The summed E-state index contributed by atoms with van der Waals surface area (Å²) in [5.74, 6) is -0.909. The molecule has 3 aromatic rings. The highest BCUT2D eigenvalue weighted by atomic mass is 32.1. The average molecular weight is 367 g/mol. The number of benzene rings is 2. The van der Waals surface area contributed by atoms with Crippen molar-refractivity contribution >= 4 is 40.2 Å². The number of thiophene rings is 1. The van der Waals surface area contributed by atoms with Crippen LogP contribution in [0.1, 0.15) is 17.3 Å². The van der Waals surface area contributed by atoms with Crippen LogP contribution in [0, 0.1) is 0 Å². The maximum atomic E-state index is 12.5. The van der Waals surface area contributed by atoms with Gasteiger partial charge in [-0.2, -0.15) is 0 Å². The molecule has 3 rings (SSSR count). The standard InChI is InChI=1S/C19H17N3O3S/c1-11(23)21-15-7-5-13(10-17(15)24)19(25)22-16-9-12(4-6-14(16)20)18-3-2-8-26-18/h2-10,24H,20H2,1H3,(H,21,23)(H,22,25). The molecule has 1 aromatic heterocycles. The quantitative estimate of drug-likeness (QED) is 0.414. The average Bonchev–Trinajstić information content (AvgIpc) is 3.12. The molecule has 0 atom stereocenters. The molecule has 0 spiro atoms. The normalized spacial score (nSPS) is 10.3. The lowest BCUT2D eigenvalue weighted by Gasteiger charge is -2.11. The number of phenolic OH excluding ortho intramolecular Hbond substituents is 1. The van der Waals surface area contributed by atoms with Gasteiger partial charge in [0.1, 0.15) is 5.75 Å². The van der Waals surface area contributed by atoms with E-state index in [0.29, 0.717) is 11.4 Å². The van der Waals surface area contributed by atoms with Crippen LogP contribution in [0.3, 0.4) is 0 Å². The van der Waals surface area contributed by atoms with Crippen molar-refractivity contribution in [2.24, 2.45) is 0 Å². The van der Waals surface area contributed by atoms with E-state index in [1.165, 1.54) is 25.1 Å². The lowest BCUT2D eigenvalue weighted by molar-refractivity contribution is -0.114. The fourth-order valence-corrected chi connectivity index (χ4v) is 3.15. The van der Waals surface area contributed by atoms with Crippen LogP contribution in [0.4, 0.5) is 17.1 Å². The highest BCUT2D eigenvalue weighted by Gasteiger charge is 2.12. The van der Waals surface area contributed by atoms with E-state index < -0.39 is 5.91 Å². The summed E-state index contributed by atoms with van der Waals surface area (Å²) in [6.07, 6.45) is 0. The third kappa shape index (κ3) is 3.84. The Hall–Kier alpha value is -3.32. The molecule has 2 aromatic carbocycles. The highest BCUT2D eigenvalue weighted by molar-refractivity contribution is 7.13. The van der Waals surface area contributed by atoms with E-state index in [1.54, 1.807) is 17.4 Å². The molecule has 26 heavy (non-hydrogen) atoms.